The van der Waals surface area contributed by atoms with Crippen molar-refractivity contribution in [2.24, 2.45) is 0 Å². The predicted octanol–water partition coefficient (Wildman–Crippen LogP) is 2.06. The van der Waals surface area contributed by atoms with E-state index in [9.17, 15) is 0 Å². The lowest BCUT2D eigenvalue weighted by molar-refractivity contribution is 0.215. The van der Waals surface area contributed by atoms with Crippen LogP contribution >= 0.6 is 0 Å². The average Bonchev–Trinajstić information content (AvgIpc) is 2.19. The minimum atomic E-state index is 0.155. The van der Waals surface area contributed by atoms with Crippen molar-refractivity contribution >= 4 is 5.76 Å². The Bertz CT molecular complexity index is 254. The first kappa shape index (κ1) is 9.81. The van der Waals surface area contributed by atoms with E-state index in [2.05, 4.69) is 6.58 Å². The first-order chi connectivity index (χ1) is 6.34. The molecule has 0 fully saturated rings. The fourth-order valence-corrected chi connectivity index (χ4v) is 0.967. The highest BCUT2D eigenvalue weighted by Gasteiger charge is 1.97. The van der Waals surface area contributed by atoms with E-state index in [0.717, 1.165) is 5.56 Å². The Labute approximate surface area is 78.5 Å². The summed E-state index contributed by atoms with van der Waals surface area (Å²) >= 11 is 0. The van der Waals surface area contributed by atoms with Crippen molar-refractivity contribution < 1.29 is 9.84 Å². The summed E-state index contributed by atoms with van der Waals surface area (Å²) in [5.41, 5.74) is 0.987. The van der Waals surface area contributed by atoms with Crippen molar-refractivity contribution in [2.75, 3.05) is 13.2 Å². The van der Waals surface area contributed by atoms with Crippen molar-refractivity contribution in [3.8, 4) is 0 Å². The van der Waals surface area contributed by atoms with Crippen molar-refractivity contribution in [1.29, 1.82) is 0 Å². The van der Waals surface area contributed by atoms with Crippen LogP contribution in [-0.4, -0.2) is 18.3 Å². The maximum absolute atomic E-state index is 8.54. The van der Waals surface area contributed by atoms with Gasteiger partial charge in [-0.2, -0.15) is 0 Å². The van der Waals surface area contributed by atoms with Gasteiger partial charge in [0.05, 0.1) is 6.61 Å². The van der Waals surface area contributed by atoms with Crippen LogP contribution in [0.2, 0.25) is 0 Å². The maximum Gasteiger partial charge on any atom is 0.119 e. The van der Waals surface area contributed by atoms with Crippen LogP contribution in [0.1, 0.15) is 12.0 Å². The standard InChI is InChI=1S/C11H14O2/c1-10(13-9-5-8-12)11-6-3-2-4-7-11/h2-4,6-7,12H,1,5,8-9H2. The summed E-state index contributed by atoms with van der Waals surface area (Å²) in [4.78, 5) is 0. The smallest absolute Gasteiger partial charge is 0.119 e. The number of aliphatic hydroxyl groups is 1. The molecule has 0 aliphatic carbocycles. The normalized spacial score (nSPS) is 9.62. The summed E-state index contributed by atoms with van der Waals surface area (Å²) in [5.74, 6) is 0.661. The molecule has 0 atom stereocenters. The summed E-state index contributed by atoms with van der Waals surface area (Å²) in [7, 11) is 0. The third kappa shape index (κ3) is 3.30. The molecule has 0 spiro atoms. The van der Waals surface area contributed by atoms with Crippen LogP contribution in [0, 0.1) is 0 Å². The molecule has 0 bridgehead atoms. The number of hydrogen-bond acceptors (Lipinski definition) is 2. The third-order valence-electron chi connectivity index (χ3n) is 1.67. The Morgan fingerprint density at radius 2 is 2.00 bits per heavy atom. The van der Waals surface area contributed by atoms with Gasteiger partial charge in [-0.15, -0.1) is 0 Å². The van der Waals surface area contributed by atoms with E-state index >= 15 is 0 Å². The molecule has 0 radical (unpaired) electrons. The van der Waals surface area contributed by atoms with Gasteiger partial charge in [-0.25, -0.2) is 0 Å². The minimum Gasteiger partial charge on any atom is -0.494 e. The molecule has 2 heteroatoms. The number of aliphatic hydroxyl groups excluding tert-OH is 1. The van der Waals surface area contributed by atoms with Crippen LogP contribution < -0.4 is 0 Å². The lowest BCUT2D eigenvalue weighted by atomic mass is 10.2. The Kier molecular flexibility index (Phi) is 4.06. The molecule has 0 unspecified atom stereocenters. The molecule has 0 amide bonds. The van der Waals surface area contributed by atoms with E-state index in [0.29, 0.717) is 18.8 Å². The van der Waals surface area contributed by atoms with Gasteiger partial charge in [-0.3, -0.25) is 0 Å². The highest BCUT2D eigenvalue weighted by Crippen LogP contribution is 2.12. The molecule has 0 saturated carbocycles. The van der Waals surface area contributed by atoms with Crippen molar-refractivity contribution in [3.63, 3.8) is 0 Å². The highest BCUT2D eigenvalue weighted by atomic mass is 16.5. The summed E-state index contributed by atoms with van der Waals surface area (Å²) in [5, 5.41) is 8.54. The molecule has 1 aromatic carbocycles. The zero-order valence-electron chi connectivity index (χ0n) is 7.57. The highest BCUT2D eigenvalue weighted by molar-refractivity contribution is 5.56. The first-order valence-corrected chi connectivity index (χ1v) is 4.32. The summed E-state index contributed by atoms with van der Waals surface area (Å²) in [6.07, 6.45) is 0.645. The monoisotopic (exact) mass is 178 g/mol. The molecular weight excluding hydrogens is 164 g/mol. The van der Waals surface area contributed by atoms with Crippen molar-refractivity contribution in [3.05, 3.63) is 42.5 Å². The molecule has 1 N–H and O–H groups in total. The molecule has 0 aliphatic rings. The molecule has 0 aliphatic heterocycles. The lowest BCUT2D eigenvalue weighted by Gasteiger charge is -2.07. The second-order valence-electron chi connectivity index (χ2n) is 2.71. The maximum atomic E-state index is 8.54. The number of ether oxygens (including phenoxy) is 1. The molecular formula is C11H14O2. The molecule has 0 aromatic heterocycles. The zero-order chi connectivity index (χ0) is 9.52. The lowest BCUT2D eigenvalue weighted by Crippen LogP contribution is -1.96. The van der Waals surface area contributed by atoms with Crippen LogP contribution in [0.15, 0.2) is 36.9 Å². The molecule has 0 heterocycles. The first-order valence-electron chi connectivity index (χ1n) is 4.32. The van der Waals surface area contributed by atoms with E-state index in [1.807, 2.05) is 30.3 Å². The van der Waals surface area contributed by atoms with Gasteiger partial charge in [0.2, 0.25) is 0 Å². The SMILES string of the molecule is C=C(OCCCO)c1ccccc1. The summed E-state index contributed by atoms with van der Waals surface area (Å²) in [6, 6.07) is 9.72. The summed E-state index contributed by atoms with van der Waals surface area (Å²) < 4.78 is 5.31. The van der Waals surface area contributed by atoms with E-state index in [1.165, 1.54) is 0 Å². The van der Waals surface area contributed by atoms with E-state index in [4.69, 9.17) is 9.84 Å². The molecule has 70 valence electrons. The number of hydrogen-bond donors (Lipinski definition) is 1. The number of benzene rings is 1. The second kappa shape index (κ2) is 5.38. The molecule has 0 saturated heterocycles. The van der Waals surface area contributed by atoms with Crippen LogP contribution in [0.5, 0.6) is 0 Å². The molecule has 1 aromatic rings. The Balaban J connectivity index is 2.40. The van der Waals surface area contributed by atoms with Crippen molar-refractivity contribution in [1.82, 2.24) is 0 Å². The predicted molar refractivity (Wildman–Crippen MR) is 53.1 cm³/mol. The van der Waals surface area contributed by atoms with Gasteiger partial charge in [0, 0.05) is 18.6 Å². The molecule has 1 rings (SSSR count). The van der Waals surface area contributed by atoms with E-state index in [-0.39, 0.29) is 6.61 Å². The Morgan fingerprint density at radius 1 is 1.31 bits per heavy atom. The average molecular weight is 178 g/mol. The van der Waals surface area contributed by atoms with Crippen LogP contribution in [0.25, 0.3) is 5.76 Å². The van der Waals surface area contributed by atoms with Gasteiger partial charge >= 0.3 is 0 Å². The van der Waals surface area contributed by atoms with E-state index in [1.54, 1.807) is 0 Å². The van der Waals surface area contributed by atoms with Gasteiger partial charge < -0.3 is 9.84 Å². The quantitative estimate of drug-likeness (QED) is 0.552. The third-order valence-corrected chi connectivity index (χ3v) is 1.67. The van der Waals surface area contributed by atoms with Gasteiger partial charge in [-0.1, -0.05) is 36.9 Å². The minimum absolute atomic E-state index is 0.155. The largest absolute Gasteiger partial charge is 0.494 e. The van der Waals surface area contributed by atoms with Gasteiger partial charge in [0.25, 0.3) is 0 Å². The second-order valence-corrected chi connectivity index (χ2v) is 2.71. The topological polar surface area (TPSA) is 29.5 Å². The fraction of sp³-hybridized carbons (Fsp3) is 0.273. The van der Waals surface area contributed by atoms with Crippen LogP contribution in [0.3, 0.4) is 0 Å². The summed E-state index contributed by atoms with van der Waals surface area (Å²) in [6.45, 7) is 4.47. The van der Waals surface area contributed by atoms with Crippen LogP contribution in [0.4, 0.5) is 0 Å². The Hall–Kier alpha value is -1.28. The van der Waals surface area contributed by atoms with E-state index < -0.39 is 0 Å². The number of rotatable bonds is 5. The fourth-order valence-electron chi connectivity index (χ4n) is 0.967. The molecule has 2 nitrogen and oxygen atoms in total. The van der Waals surface area contributed by atoms with Gasteiger partial charge in [0.15, 0.2) is 0 Å². The Morgan fingerprint density at radius 3 is 2.62 bits per heavy atom. The van der Waals surface area contributed by atoms with Crippen molar-refractivity contribution in [2.45, 2.75) is 6.42 Å². The molecule has 13 heavy (non-hydrogen) atoms. The van der Waals surface area contributed by atoms with Gasteiger partial charge in [-0.05, 0) is 0 Å². The van der Waals surface area contributed by atoms with Crippen LogP contribution in [-0.2, 0) is 4.74 Å². The zero-order valence-corrected chi connectivity index (χ0v) is 7.57. The van der Waals surface area contributed by atoms with Gasteiger partial charge in [0.1, 0.15) is 5.76 Å².